The molecule has 1 aromatic heterocycles. The number of hydrogen-bond acceptors (Lipinski definition) is 5. The molecule has 0 saturated heterocycles. The smallest absolute Gasteiger partial charge is 0.224 e. The predicted molar refractivity (Wildman–Crippen MR) is 94.4 cm³/mol. The van der Waals surface area contributed by atoms with E-state index in [9.17, 15) is 16.8 Å². The average molecular weight is 386 g/mol. The highest BCUT2D eigenvalue weighted by molar-refractivity contribution is 7.91. The van der Waals surface area contributed by atoms with Gasteiger partial charge in [0.25, 0.3) is 0 Å². The van der Waals surface area contributed by atoms with E-state index in [1.807, 2.05) is 17.5 Å². The maximum atomic E-state index is 13.2. The van der Waals surface area contributed by atoms with Gasteiger partial charge in [-0.2, -0.15) is 4.31 Å². The summed E-state index contributed by atoms with van der Waals surface area (Å²) in [5.74, 6) is 0. The van der Waals surface area contributed by atoms with E-state index in [1.165, 1.54) is 27.8 Å². The van der Waals surface area contributed by atoms with Gasteiger partial charge in [0.05, 0.1) is 9.79 Å². The summed E-state index contributed by atoms with van der Waals surface area (Å²) in [5.41, 5.74) is 0.555. The van der Waals surface area contributed by atoms with E-state index in [0.29, 0.717) is 12.1 Å². The Hall–Kier alpha value is -1.22. The van der Waals surface area contributed by atoms with Crippen molar-refractivity contribution in [2.24, 2.45) is 0 Å². The molecule has 0 atom stereocenters. The highest BCUT2D eigenvalue weighted by Crippen LogP contribution is 2.35. The van der Waals surface area contributed by atoms with Crippen molar-refractivity contribution >= 4 is 31.2 Å². The number of hydrogen-bond donors (Lipinski definition) is 0. The molecule has 130 valence electrons. The molecule has 0 radical (unpaired) electrons. The number of sulfone groups is 1. The summed E-state index contributed by atoms with van der Waals surface area (Å²) >= 11 is 1.52. The molecule has 1 aliphatic rings. The first-order valence-corrected chi connectivity index (χ1v) is 11.8. The van der Waals surface area contributed by atoms with Crippen LogP contribution in [-0.2, 0) is 26.4 Å². The molecule has 3 rings (SSSR count). The number of benzene rings is 1. The molecule has 8 heteroatoms. The highest BCUT2D eigenvalue weighted by Gasteiger charge is 2.39. The van der Waals surface area contributed by atoms with Gasteiger partial charge in [0.1, 0.15) is 0 Å². The lowest BCUT2D eigenvalue weighted by atomic mass is 10.2. The quantitative estimate of drug-likeness (QED) is 0.767. The van der Waals surface area contributed by atoms with Crippen molar-refractivity contribution in [3.05, 3.63) is 46.2 Å². The lowest BCUT2D eigenvalue weighted by Gasteiger charge is -2.22. The SMILES string of the molecule is Cc1ccc(S(C)(=O)=O)cc1S(=O)(=O)N(Cc1cccs1)C1CC1. The van der Waals surface area contributed by atoms with Gasteiger partial charge < -0.3 is 0 Å². The maximum absolute atomic E-state index is 13.2. The van der Waals surface area contributed by atoms with Crippen LogP contribution in [0.3, 0.4) is 0 Å². The Bertz CT molecular complexity index is 943. The molecule has 0 unspecified atom stereocenters. The molecule has 1 fully saturated rings. The molecule has 0 amide bonds. The Labute approximate surface area is 146 Å². The van der Waals surface area contributed by atoms with Crippen LogP contribution in [0.25, 0.3) is 0 Å². The Balaban J connectivity index is 2.05. The number of nitrogens with zero attached hydrogens (tertiary/aromatic N) is 1. The molecule has 5 nitrogen and oxygen atoms in total. The third-order valence-corrected chi connectivity index (χ3v) is 8.03. The van der Waals surface area contributed by atoms with Crippen LogP contribution >= 0.6 is 11.3 Å². The van der Waals surface area contributed by atoms with Crippen LogP contribution in [-0.4, -0.2) is 33.4 Å². The van der Waals surface area contributed by atoms with Crippen LogP contribution in [0.4, 0.5) is 0 Å². The first-order valence-electron chi connectivity index (χ1n) is 7.54. The minimum atomic E-state index is -3.75. The first kappa shape index (κ1) is 17.6. The van der Waals surface area contributed by atoms with Gasteiger partial charge in [-0.05, 0) is 48.9 Å². The zero-order valence-corrected chi connectivity index (χ0v) is 15.9. The third-order valence-electron chi connectivity index (χ3n) is 4.02. The van der Waals surface area contributed by atoms with Gasteiger partial charge in [-0.3, -0.25) is 0 Å². The second-order valence-corrected chi connectivity index (χ2v) is 11.0. The Morgan fingerprint density at radius 1 is 1.17 bits per heavy atom. The number of rotatable bonds is 6. The van der Waals surface area contributed by atoms with Gasteiger partial charge in [0, 0.05) is 23.7 Å². The van der Waals surface area contributed by atoms with Gasteiger partial charge in [0.15, 0.2) is 9.84 Å². The van der Waals surface area contributed by atoms with Gasteiger partial charge in [-0.15, -0.1) is 11.3 Å². The normalized spacial score (nSPS) is 15.8. The second-order valence-electron chi connectivity index (χ2n) is 6.06. The maximum Gasteiger partial charge on any atom is 0.243 e. The van der Waals surface area contributed by atoms with Crippen molar-refractivity contribution in [2.45, 2.75) is 42.1 Å². The van der Waals surface area contributed by atoms with Gasteiger partial charge >= 0.3 is 0 Å². The van der Waals surface area contributed by atoms with Crippen molar-refractivity contribution in [1.29, 1.82) is 0 Å². The molecule has 0 N–H and O–H groups in total. The molecule has 1 aliphatic carbocycles. The van der Waals surface area contributed by atoms with Crippen LogP contribution in [0, 0.1) is 6.92 Å². The fraction of sp³-hybridized carbons (Fsp3) is 0.375. The first-order chi connectivity index (χ1) is 11.2. The topological polar surface area (TPSA) is 71.5 Å². The van der Waals surface area contributed by atoms with E-state index < -0.39 is 19.9 Å². The minimum Gasteiger partial charge on any atom is -0.224 e. The van der Waals surface area contributed by atoms with Crippen LogP contribution in [0.2, 0.25) is 0 Å². The van der Waals surface area contributed by atoms with Crippen LogP contribution in [0.15, 0.2) is 45.5 Å². The molecular weight excluding hydrogens is 366 g/mol. The van der Waals surface area contributed by atoms with Gasteiger partial charge in [-0.25, -0.2) is 16.8 Å². The zero-order valence-electron chi connectivity index (χ0n) is 13.5. The van der Waals surface area contributed by atoms with Gasteiger partial charge in [-0.1, -0.05) is 12.1 Å². The summed E-state index contributed by atoms with van der Waals surface area (Å²) in [7, 11) is -7.22. The van der Waals surface area contributed by atoms with Gasteiger partial charge in [0.2, 0.25) is 10.0 Å². The molecule has 1 heterocycles. The van der Waals surface area contributed by atoms with Crippen molar-refractivity contribution in [3.8, 4) is 0 Å². The summed E-state index contributed by atoms with van der Waals surface area (Å²) in [6.45, 7) is 2.02. The molecule has 2 aromatic rings. The van der Waals surface area contributed by atoms with Crippen LogP contribution in [0.5, 0.6) is 0 Å². The van der Waals surface area contributed by atoms with E-state index in [2.05, 4.69) is 0 Å². The van der Waals surface area contributed by atoms with E-state index in [4.69, 9.17) is 0 Å². The third kappa shape index (κ3) is 3.56. The molecule has 24 heavy (non-hydrogen) atoms. The molecule has 0 spiro atoms. The molecular formula is C16H19NO4S3. The summed E-state index contributed by atoms with van der Waals surface area (Å²) in [5, 5.41) is 1.92. The number of aryl methyl sites for hydroxylation is 1. The summed E-state index contributed by atoms with van der Waals surface area (Å²) in [6.07, 6.45) is 2.77. The van der Waals surface area contributed by atoms with Crippen LogP contribution in [0.1, 0.15) is 23.3 Å². The fourth-order valence-corrected chi connectivity index (χ4v) is 5.97. The minimum absolute atomic E-state index is 0.00149. The van der Waals surface area contributed by atoms with Crippen molar-refractivity contribution in [3.63, 3.8) is 0 Å². The van der Waals surface area contributed by atoms with E-state index in [-0.39, 0.29) is 15.8 Å². The zero-order chi connectivity index (χ0) is 17.5. The monoisotopic (exact) mass is 385 g/mol. The number of sulfonamides is 1. The Morgan fingerprint density at radius 3 is 2.42 bits per heavy atom. The molecule has 0 aliphatic heterocycles. The lowest BCUT2D eigenvalue weighted by molar-refractivity contribution is 0.401. The Kier molecular flexibility index (Phi) is 4.59. The lowest BCUT2D eigenvalue weighted by Crippen LogP contribution is -2.33. The van der Waals surface area contributed by atoms with E-state index in [1.54, 1.807) is 13.0 Å². The molecule has 1 saturated carbocycles. The fourth-order valence-electron chi connectivity index (χ4n) is 2.54. The van der Waals surface area contributed by atoms with Crippen molar-refractivity contribution < 1.29 is 16.8 Å². The van der Waals surface area contributed by atoms with E-state index in [0.717, 1.165) is 24.0 Å². The van der Waals surface area contributed by atoms with Crippen LogP contribution < -0.4 is 0 Å². The van der Waals surface area contributed by atoms with Crippen molar-refractivity contribution in [1.82, 2.24) is 4.31 Å². The summed E-state index contributed by atoms with van der Waals surface area (Å²) < 4.78 is 51.4. The van der Waals surface area contributed by atoms with Crippen molar-refractivity contribution in [2.75, 3.05) is 6.26 Å². The average Bonchev–Trinajstić information content (AvgIpc) is 3.19. The second kappa shape index (κ2) is 6.25. The Morgan fingerprint density at radius 2 is 1.88 bits per heavy atom. The number of thiophene rings is 1. The largest absolute Gasteiger partial charge is 0.243 e. The molecule has 1 aromatic carbocycles. The molecule has 0 bridgehead atoms. The summed E-state index contributed by atoms with van der Waals surface area (Å²) in [4.78, 5) is 1.08. The van der Waals surface area contributed by atoms with E-state index >= 15 is 0 Å². The highest BCUT2D eigenvalue weighted by atomic mass is 32.2. The predicted octanol–water partition coefficient (Wildman–Crippen LogP) is 2.81. The summed E-state index contributed by atoms with van der Waals surface area (Å²) in [6, 6.07) is 8.09. The standard InChI is InChI=1S/C16H19NO4S3/c1-12-5-8-15(23(2,18)19)10-16(12)24(20,21)17(13-6-7-13)11-14-4-3-9-22-14/h3-5,8-10,13H,6-7,11H2,1-2H3.